The topological polar surface area (TPSA) is 39.6 Å². The minimum atomic E-state index is -0.207. The second-order valence-corrected chi connectivity index (χ2v) is 8.56. The molecule has 3 aromatic rings. The molecule has 0 aliphatic heterocycles. The summed E-state index contributed by atoms with van der Waals surface area (Å²) in [5, 5.41) is 11.5. The van der Waals surface area contributed by atoms with Crippen LogP contribution in [0.5, 0.6) is 0 Å². The van der Waals surface area contributed by atoms with Gasteiger partial charge < -0.3 is 4.98 Å². The van der Waals surface area contributed by atoms with Crippen molar-refractivity contribution in [2.24, 2.45) is 11.8 Å². The van der Waals surface area contributed by atoms with Crippen LogP contribution in [0.3, 0.4) is 0 Å². The van der Waals surface area contributed by atoms with E-state index in [9.17, 15) is 5.26 Å². The number of halogens is 1. The number of hydrogen-bond acceptors (Lipinski definition) is 2. The van der Waals surface area contributed by atoms with Crippen molar-refractivity contribution in [1.82, 2.24) is 4.98 Å². The average molecular weight is 381 g/mol. The number of benzene rings is 2. The van der Waals surface area contributed by atoms with E-state index in [1.54, 1.807) is 0 Å². The summed E-state index contributed by atoms with van der Waals surface area (Å²) in [6.07, 6.45) is 5.23. The molecule has 2 nitrogen and oxygen atoms in total. The predicted octanol–water partition coefficient (Wildman–Crippen LogP) is 6.15. The quantitative estimate of drug-likeness (QED) is 0.576. The number of aromatic nitrogens is 1. The molecule has 3 unspecified atom stereocenters. The first-order valence-corrected chi connectivity index (χ1v) is 10.6. The summed E-state index contributed by atoms with van der Waals surface area (Å²) in [5.41, 5.74) is 4.83. The molecule has 0 radical (unpaired) electrons. The van der Waals surface area contributed by atoms with Gasteiger partial charge in [0.05, 0.1) is 12.0 Å². The molecule has 1 aromatic heterocycles. The highest BCUT2D eigenvalue weighted by molar-refractivity contribution is 7.97. The van der Waals surface area contributed by atoms with Gasteiger partial charge >= 0.3 is 0 Å². The van der Waals surface area contributed by atoms with Gasteiger partial charge in [-0.3, -0.25) is 0 Å². The Hall–Kier alpha value is -1.89. The Bertz CT molecular complexity index is 986. The van der Waals surface area contributed by atoms with Gasteiger partial charge in [0.2, 0.25) is 0 Å². The Morgan fingerprint density at radius 3 is 2.69 bits per heavy atom. The van der Waals surface area contributed by atoms with E-state index in [2.05, 4.69) is 60.8 Å². The zero-order valence-electron chi connectivity index (χ0n) is 14.9. The number of rotatable bonds is 5. The lowest BCUT2D eigenvalue weighted by Gasteiger charge is -2.31. The molecule has 1 saturated carbocycles. The molecule has 4 heteroatoms. The fourth-order valence-corrected chi connectivity index (χ4v) is 4.94. The molecule has 1 aliphatic rings. The molecule has 3 atom stereocenters. The average Bonchev–Trinajstić information content (AvgIpc) is 3.33. The summed E-state index contributed by atoms with van der Waals surface area (Å²) < 4.78 is 0. The fraction of sp³-hybridized carbons (Fsp3) is 0.318. The first kappa shape index (κ1) is 17.5. The molecule has 1 fully saturated rings. The number of aromatic amines is 1. The molecule has 26 heavy (non-hydrogen) atoms. The van der Waals surface area contributed by atoms with Crippen molar-refractivity contribution in [3.05, 3.63) is 70.4 Å². The normalized spacial score (nSPS) is 21.3. The van der Waals surface area contributed by atoms with E-state index >= 15 is 0 Å². The molecular formula is C22H21ClN2S. The molecule has 2 aromatic carbocycles. The van der Waals surface area contributed by atoms with Crippen LogP contribution in [0.15, 0.2) is 48.7 Å². The van der Waals surface area contributed by atoms with Crippen molar-refractivity contribution in [3.63, 3.8) is 0 Å². The van der Waals surface area contributed by atoms with E-state index in [-0.39, 0.29) is 11.3 Å². The van der Waals surface area contributed by atoms with Gasteiger partial charge in [-0.15, -0.1) is 0 Å². The standard InChI is InChI=1S/C22H21ClN2S/c1-22(19-10-15(19)11-24,16-6-8-17(23)9-7-16)20-12-25-21-14(13-26-2)4-3-5-18(20)21/h3-9,12,15,19,25H,10,13H2,1-2H3. The zero-order valence-corrected chi connectivity index (χ0v) is 16.5. The Morgan fingerprint density at radius 2 is 2.04 bits per heavy atom. The fourth-order valence-electron chi connectivity index (χ4n) is 4.26. The lowest BCUT2D eigenvalue weighted by molar-refractivity contribution is 0.483. The molecule has 4 rings (SSSR count). The molecular weight excluding hydrogens is 360 g/mol. The smallest absolute Gasteiger partial charge is 0.0659 e. The van der Waals surface area contributed by atoms with Crippen LogP contribution in [-0.4, -0.2) is 11.2 Å². The number of fused-ring (bicyclic) bond motifs is 1. The Morgan fingerprint density at radius 1 is 1.27 bits per heavy atom. The molecule has 0 amide bonds. The molecule has 0 spiro atoms. The van der Waals surface area contributed by atoms with Crippen LogP contribution in [0.4, 0.5) is 0 Å². The van der Waals surface area contributed by atoms with Gasteiger partial charge in [-0.05, 0) is 47.4 Å². The van der Waals surface area contributed by atoms with Crippen molar-refractivity contribution in [2.75, 3.05) is 6.26 Å². The third kappa shape index (κ3) is 2.73. The van der Waals surface area contributed by atoms with E-state index in [0.717, 1.165) is 17.2 Å². The van der Waals surface area contributed by atoms with Crippen LogP contribution < -0.4 is 0 Å². The van der Waals surface area contributed by atoms with Crippen LogP contribution in [-0.2, 0) is 11.2 Å². The largest absolute Gasteiger partial charge is 0.361 e. The minimum absolute atomic E-state index is 0.120. The van der Waals surface area contributed by atoms with Gasteiger partial charge in [0.15, 0.2) is 0 Å². The lowest BCUT2D eigenvalue weighted by atomic mass is 9.71. The second-order valence-electron chi connectivity index (χ2n) is 7.26. The van der Waals surface area contributed by atoms with E-state index in [1.807, 2.05) is 23.9 Å². The number of H-pyrrole nitrogens is 1. The van der Waals surface area contributed by atoms with E-state index < -0.39 is 0 Å². The highest BCUT2D eigenvalue weighted by Crippen LogP contribution is 2.56. The van der Waals surface area contributed by atoms with Crippen LogP contribution in [0.1, 0.15) is 30.0 Å². The van der Waals surface area contributed by atoms with Gasteiger partial charge in [-0.1, -0.05) is 48.9 Å². The zero-order chi connectivity index (χ0) is 18.3. The van der Waals surface area contributed by atoms with Gasteiger partial charge in [0, 0.05) is 33.3 Å². The first-order chi connectivity index (χ1) is 12.6. The van der Waals surface area contributed by atoms with Gasteiger partial charge in [0.1, 0.15) is 0 Å². The molecule has 1 N–H and O–H groups in total. The maximum Gasteiger partial charge on any atom is 0.0659 e. The van der Waals surface area contributed by atoms with Gasteiger partial charge in [-0.25, -0.2) is 0 Å². The predicted molar refractivity (Wildman–Crippen MR) is 111 cm³/mol. The summed E-state index contributed by atoms with van der Waals surface area (Å²) in [6.45, 7) is 2.28. The van der Waals surface area contributed by atoms with Crippen molar-refractivity contribution < 1.29 is 0 Å². The van der Waals surface area contributed by atoms with Gasteiger partial charge in [-0.2, -0.15) is 17.0 Å². The maximum absolute atomic E-state index is 9.47. The van der Waals surface area contributed by atoms with Crippen molar-refractivity contribution in [2.45, 2.75) is 24.5 Å². The highest BCUT2D eigenvalue weighted by atomic mass is 35.5. The Kier molecular flexibility index (Phi) is 4.50. The van der Waals surface area contributed by atoms with Crippen molar-refractivity contribution in [3.8, 4) is 6.07 Å². The van der Waals surface area contributed by atoms with E-state index in [1.165, 1.54) is 27.6 Å². The minimum Gasteiger partial charge on any atom is -0.361 e. The monoisotopic (exact) mass is 380 g/mol. The third-order valence-corrected chi connectivity index (χ3v) is 6.65. The number of para-hydroxylation sites is 1. The summed E-state index contributed by atoms with van der Waals surface area (Å²) >= 11 is 7.96. The number of nitrogens with one attached hydrogen (secondary N) is 1. The van der Waals surface area contributed by atoms with Crippen LogP contribution in [0.2, 0.25) is 5.02 Å². The van der Waals surface area contributed by atoms with Crippen LogP contribution >= 0.6 is 23.4 Å². The summed E-state index contributed by atoms with van der Waals surface area (Å²) in [4.78, 5) is 3.52. The molecule has 132 valence electrons. The van der Waals surface area contributed by atoms with Crippen molar-refractivity contribution in [1.29, 1.82) is 5.26 Å². The molecule has 1 heterocycles. The number of nitriles is 1. The van der Waals surface area contributed by atoms with E-state index in [0.29, 0.717) is 5.92 Å². The second kappa shape index (κ2) is 6.68. The Labute approximate surface area is 163 Å². The molecule has 1 aliphatic carbocycles. The number of nitrogens with zero attached hydrogens (tertiary/aromatic N) is 1. The number of hydrogen-bond donors (Lipinski definition) is 1. The highest BCUT2D eigenvalue weighted by Gasteiger charge is 2.52. The van der Waals surface area contributed by atoms with Crippen LogP contribution in [0, 0.1) is 23.2 Å². The molecule has 0 bridgehead atoms. The first-order valence-electron chi connectivity index (χ1n) is 8.83. The summed E-state index contributed by atoms with van der Waals surface area (Å²) in [7, 11) is 0. The Balaban J connectivity index is 1.91. The van der Waals surface area contributed by atoms with E-state index in [4.69, 9.17) is 11.6 Å². The molecule has 0 saturated heterocycles. The van der Waals surface area contributed by atoms with Crippen molar-refractivity contribution >= 4 is 34.3 Å². The van der Waals surface area contributed by atoms with Gasteiger partial charge in [0.25, 0.3) is 0 Å². The van der Waals surface area contributed by atoms with Crippen LogP contribution in [0.25, 0.3) is 10.9 Å². The number of thioether (sulfide) groups is 1. The summed E-state index contributed by atoms with van der Waals surface area (Å²) in [6, 6.07) is 17.1. The SMILES string of the molecule is CSCc1cccc2c(C(C)(c3ccc(Cl)cc3)C3CC3C#N)c[nH]c12. The summed E-state index contributed by atoms with van der Waals surface area (Å²) in [5.74, 6) is 1.44. The third-order valence-electron chi connectivity index (χ3n) is 5.80. The lowest BCUT2D eigenvalue weighted by Crippen LogP contribution is -2.27. The maximum atomic E-state index is 9.47.